The van der Waals surface area contributed by atoms with Gasteiger partial charge in [-0.3, -0.25) is 0 Å². The number of nitrogens with zero attached hydrogens (tertiary/aromatic N) is 1. The Morgan fingerprint density at radius 2 is 2.29 bits per heavy atom. The SMILES string of the molecule is CCOC(=O)c1sc(C(N)CC)nc1C1CC1. The molecule has 0 amide bonds. The maximum Gasteiger partial charge on any atom is 0.350 e. The van der Waals surface area contributed by atoms with Crippen molar-refractivity contribution < 1.29 is 9.53 Å². The highest BCUT2D eigenvalue weighted by molar-refractivity contribution is 7.13. The van der Waals surface area contributed by atoms with Crippen LogP contribution in [0.1, 0.15) is 65.4 Å². The van der Waals surface area contributed by atoms with E-state index < -0.39 is 0 Å². The number of rotatable bonds is 5. The van der Waals surface area contributed by atoms with Gasteiger partial charge in [0.1, 0.15) is 9.88 Å². The molecule has 1 aliphatic rings. The first-order valence-corrected chi connectivity index (χ1v) is 6.92. The van der Waals surface area contributed by atoms with Crippen molar-refractivity contribution in [2.24, 2.45) is 5.73 Å². The van der Waals surface area contributed by atoms with Gasteiger partial charge in [0.25, 0.3) is 0 Å². The van der Waals surface area contributed by atoms with Gasteiger partial charge >= 0.3 is 5.97 Å². The number of carbonyl (C=O) groups is 1. The lowest BCUT2D eigenvalue weighted by Gasteiger charge is -2.02. The molecule has 94 valence electrons. The van der Waals surface area contributed by atoms with E-state index in [1.807, 2.05) is 13.8 Å². The summed E-state index contributed by atoms with van der Waals surface area (Å²) in [6.45, 7) is 4.23. The third-order valence-corrected chi connectivity index (χ3v) is 4.03. The van der Waals surface area contributed by atoms with Crippen LogP contribution in [0.2, 0.25) is 0 Å². The average Bonchev–Trinajstić information content (AvgIpc) is 3.07. The molecule has 17 heavy (non-hydrogen) atoms. The van der Waals surface area contributed by atoms with Crippen molar-refractivity contribution in [3.8, 4) is 0 Å². The maximum atomic E-state index is 11.8. The molecule has 1 heterocycles. The third-order valence-electron chi connectivity index (χ3n) is 2.85. The van der Waals surface area contributed by atoms with Crippen LogP contribution in [0.5, 0.6) is 0 Å². The second-order valence-corrected chi connectivity index (χ2v) is 5.31. The number of carbonyl (C=O) groups excluding carboxylic acids is 1. The van der Waals surface area contributed by atoms with Gasteiger partial charge in [-0.2, -0.15) is 0 Å². The number of thiazole rings is 1. The Morgan fingerprint density at radius 1 is 1.59 bits per heavy atom. The molecule has 5 heteroatoms. The van der Waals surface area contributed by atoms with Crippen LogP contribution in [0.4, 0.5) is 0 Å². The predicted octanol–water partition coefficient (Wildman–Crippen LogP) is 2.61. The van der Waals surface area contributed by atoms with Crippen molar-refractivity contribution in [2.45, 2.75) is 45.1 Å². The van der Waals surface area contributed by atoms with E-state index in [4.69, 9.17) is 10.5 Å². The Hall–Kier alpha value is -0.940. The second kappa shape index (κ2) is 5.14. The summed E-state index contributed by atoms with van der Waals surface area (Å²) >= 11 is 1.40. The molecule has 1 aromatic heterocycles. The minimum absolute atomic E-state index is 0.0688. The van der Waals surface area contributed by atoms with Gasteiger partial charge in [-0.1, -0.05) is 6.92 Å². The van der Waals surface area contributed by atoms with Crippen molar-refractivity contribution in [3.05, 3.63) is 15.6 Å². The van der Waals surface area contributed by atoms with E-state index in [2.05, 4.69) is 4.98 Å². The summed E-state index contributed by atoms with van der Waals surface area (Å²) in [5, 5.41) is 0.859. The van der Waals surface area contributed by atoms with Gasteiger partial charge < -0.3 is 10.5 Å². The van der Waals surface area contributed by atoms with Crippen molar-refractivity contribution >= 4 is 17.3 Å². The molecular formula is C12H18N2O2S. The number of ether oxygens (including phenoxy) is 1. The zero-order valence-electron chi connectivity index (χ0n) is 10.2. The number of aromatic nitrogens is 1. The van der Waals surface area contributed by atoms with Gasteiger partial charge in [-0.15, -0.1) is 11.3 Å². The minimum Gasteiger partial charge on any atom is -0.462 e. The van der Waals surface area contributed by atoms with E-state index in [1.54, 1.807) is 0 Å². The molecule has 1 aromatic rings. The van der Waals surface area contributed by atoms with Gasteiger partial charge in [0.15, 0.2) is 0 Å². The molecule has 1 saturated carbocycles. The van der Waals surface area contributed by atoms with E-state index in [9.17, 15) is 4.79 Å². The molecule has 0 aromatic carbocycles. The first kappa shape index (κ1) is 12.5. The van der Waals surface area contributed by atoms with Crippen molar-refractivity contribution in [3.63, 3.8) is 0 Å². The zero-order chi connectivity index (χ0) is 12.4. The minimum atomic E-state index is -0.249. The van der Waals surface area contributed by atoms with Crippen LogP contribution in [0, 0.1) is 0 Å². The monoisotopic (exact) mass is 254 g/mol. The van der Waals surface area contributed by atoms with Crippen LogP contribution in [-0.4, -0.2) is 17.6 Å². The fraction of sp³-hybridized carbons (Fsp3) is 0.667. The second-order valence-electron chi connectivity index (χ2n) is 4.28. The highest BCUT2D eigenvalue weighted by Gasteiger charge is 2.33. The van der Waals surface area contributed by atoms with Gasteiger partial charge in [0.05, 0.1) is 18.3 Å². The smallest absolute Gasteiger partial charge is 0.350 e. The zero-order valence-corrected chi connectivity index (χ0v) is 11.0. The van der Waals surface area contributed by atoms with Crippen molar-refractivity contribution in [1.82, 2.24) is 4.98 Å². The number of hydrogen-bond donors (Lipinski definition) is 1. The molecule has 2 N–H and O–H groups in total. The van der Waals surface area contributed by atoms with Crippen LogP contribution >= 0.6 is 11.3 Å². The van der Waals surface area contributed by atoms with Crippen LogP contribution in [0.25, 0.3) is 0 Å². The van der Waals surface area contributed by atoms with E-state index in [-0.39, 0.29) is 12.0 Å². The highest BCUT2D eigenvalue weighted by atomic mass is 32.1. The average molecular weight is 254 g/mol. The lowest BCUT2D eigenvalue weighted by molar-refractivity contribution is 0.0530. The Bertz CT molecular complexity index is 413. The molecule has 2 rings (SSSR count). The molecule has 0 spiro atoms. The maximum absolute atomic E-state index is 11.8. The molecule has 1 aliphatic carbocycles. The standard InChI is InChI=1S/C12H18N2O2S/c1-3-8(13)11-14-9(7-5-6-7)10(17-11)12(15)16-4-2/h7-8H,3-6,13H2,1-2H3. The molecule has 0 bridgehead atoms. The summed E-state index contributed by atoms with van der Waals surface area (Å²) in [4.78, 5) is 17.0. The topological polar surface area (TPSA) is 65.2 Å². The third kappa shape index (κ3) is 2.66. The Balaban J connectivity index is 2.28. The van der Waals surface area contributed by atoms with Crippen molar-refractivity contribution in [1.29, 1.82) is 0 Å². The number of esters is 1. The van der Waals surface area contributed by atoms with E-state index in [0.29, 0.717) is 17.4 Å². The van der Waals surface area contributed by atoms with Gasteiger partial charge in [0.2, 0.25) is 0 Å². The van der Waals surface area contributed by atoms with Crippen LogP contribution < -0.4 is 5.73 Å². The van der Waals surface area contributed by atoms with Crippen LogP contribution in [-0.2, 0) is 4.74 Å². The molecule has 4 nitrogen and oxygen atoms in total. The number of hydrogen-bond acceptors (Lipinski definition) is 5. The Kier molecular flexibility index (Phi) is 3.79. The van der Waals surface area contributed by atoms with Gasteiger partial charge in [0, 0.05) is 5.92 Å². The van der Waals surface area contributed by atoms with Crippen LogP contribution in [0.3, 0.4) is 0 Å². The summed E-state index contributed by atoms with van der Waals surface area (Å²) in [5.74, 6) is 0.199. The fourth-order valence-corrected chi connectivity index (χ4v) is 2.79. The predicted molar refractivity (Wildman–Crippen MR) is 67.3 cm³/mol. The summed E-state index contributed by atoms with van der Waals surface area (Å²) in [6.07, 6.45) is 3.08. The van der Waals surface area contributed by atoms with E-state index in [0.717, 1.165) is 30.0 Å². The quantitative estimate of drug-likeness (QED) is 0.820. The summed E-state index contributed by atoms with van der Waals surface area (Å²) in [6, 6.07) is -0.0688. The first-order chi connectivity index (χ1) is 8.17. The normalized spacial score (nSPS) is 16.9. The lowest BCUT2D eigenvalue weighted by atomic mass is 10.2. The first-order valence-electron chi connectivity index (χ1n) is 6.10. The van der Waals surface area contributed by atoms with Gasteiger partial charge in [-0.05, 0) is 26.2 Å². The molecule has 1 unspecified atom stereocenters. The highest BCUT2D eigenvalue weighted by Crippen LogP contribution is 2.43. The summed E-state index contributed by atoms with van der Waals surface area (Å²) in [7, 11) is 0. The van der Waals surface area contributed by atoms with E-state index in [1.165, 1.54) is 11.3 Å². The fourth-order valence-electron chi connectivity index (χ4n) is 1.66. The lowest BCUT2D eigenvalue weighted by Crippen LogP contribution is -2.07. The van der Waals surface area contributed by atoms with Gasteiger partial charge in [-0.25, -0.2) is 9.78 Å². The Labute approximate surface area is 105 Å². The Morgan fingerprint density at radius 3 is 2.82 bits per heavy atom. The molecule has 0 aliphatic heterocycles. The summed E-state index contributed by atoms with van der Waals surface area (Å²) in [5.41, 5.74) is 6.88. The molecule has 1 atom stereocenters. The molecule has 0 radical (unpaired) electrons. The van der Waals surface area contributed by atoms with Crippen molar-refractivity contribution in [2.75, 3.05) is 6.61 Å². The largest absolute Gasteiger partial charge is 0.462 e. The summed E-state index contributed by atoms with van der Waals surface area (Å²) < 4.78 is 5.06. The van der Waals surface area contributed by atoms with Crippen LogP contribution in [0.15, 0.2) is 0 Å². The molecule has 1 fully saturated rings. The molecular weight excluding hydrogens is 236 g/mol. The molecule has 0 saturated heterocycles. The number of nitrogens with two attached hydrogens (primary N) is 1. The van der Waals surface area contributed by atoms with E-state index >= 15 is 0 Å².